The maximum absolute atomic E-state index is 12.1. The third-order valence-corrected chi connectivity index (χ3v) is 3.64. The Hall–Kier alpha value is -3.68. The van der Waals surface area contributed by atoms with Crippen molar-refractivity contribution in [3.8, 4) is 5.75 Å². The van der Waals surface area contributed by atoms with Crippen LogP contribution in [0.3, 0.4) is 0 Å². The number of nitrogens with one attached hydrogen (secondary N) is 2. The second kappa shape index (κ2) is 9.14. The lowest BCUT2D eigenvalue weighted by atomic mass is 10.1. The molecule has 2 amide bonds. The van der Waals surface area contributed by atoms with Crippen LogP contribution in [-0.4, -0.2) is 30.4 Å². The number of nitro benzene ring substituents is 1. The number of hydrogen-bond acceptors (Lipinski definition) is 5. The van der Waals surface area contributed by atoms with E-state index in [1.165, 1.54) is 25.2 Å². The summed E-state index contributed by atoms with van der Waals surface area (Å²) in [7, 11) is 1.54. The highest BCUT2D eigenvalue weighted by Gasteiger charge is 2.12. The number of nitrogens with zero attached hydrogens (tertiary/aromatic N) is 1. The van der Waals surface area contributed by atoms with E-state index in [9.17, 15) is 19.7 Å². The highest BCUT2D eigenvalue weighted by Crippen LogP contribution is 2.25. The van der Waals surface area contributed by atoms with Crippen molar-refractivity contribution in [2.24, 2.45) is 0 Å². The molecule has 0 fully saturated rings. The highest BCUT2D eigenvalue weighted by molar-refractivity contribution is 5.95. The van der Waals surface area contributed by atoms with Crippen LogP contribution >= 0.6 is 0 Å². The summed E-state index contributed by atoms with van der Waals surface area (Å²) in [5.41, 5.74) is 1.51. The van der Waals surface area contributed by atoms with Gasteiger partial charge in [0.15, 0.2) is 6.61 Å². The van der Waals surface area contributed by atoms with Crippen molar-refractivity contribution in [3.63, 3.8) is 0 Å². The first-order valence-electron chi connectivity index (χ1n) is 8.07. The van der Waals surface area contributed by atoms with Crippen LogP contribution in [-0.2, 0) is 11.2 Å². The van der Waals surface area contributed by atoms with E-state index >= 15 is 0 Å². The minimum Gasteiger partial charge on any atom is -0.483 e. The number of anilines is 1. The van der Waals surface area contributed by atoms with Gasteiger partial charge in [-0.1, -0.05) is 6.08 Å². The van der Waals surface area contributed by atoms with Crippen LogP contribution in [0.25, 0.3) is 0 Å². The molecule has 0 atom stereocenters. The summed E-state index contributed by atoms with van der Waals surface area (Å²) in [5, 5.41) is 16.0. The second-order valence-electron chi connectivity index (χ2n) is 5.54. The lowest BCUT2D eigenvalue weighted by molar-refractivity contribution is -0.384. The number of nitro groups is 1. The Bertz CT molecular complexity index is 862. The third kappa shape index (κ3) is 5.40. The standard InChI is InChI=1S/C19H19N3O5/c1-3-4-14-11-16(22(25)26)9-10-17(14)27-12-18(23)21-15-7-5-13(6-8-15)19(24)20-2/h3,5-11H,1,4,12H2,2H3,(H,20,24)(H,21,23). The number of non-ortho nitro benzene ring substituents is 1. The summed E-state index contributed by atoms with van der Waals surface area (Å²) < 4.78 is 5.49. The van der Waals surface area contributed by atoms with Crippen LogP contribution in [0.15, 0.2) is 55.1 Å². The number of hydrogen-bond donors (Lipinski definition) is 2. The average molecular weight is 369 g/mol. The number of benzene rings is 2. The average Bonchev–Trinajstić information content (AvgIpc) is 2.67. The molecule has 2 aromatic carbocycles. The molecule has 0 aliphatic heterocycles. The van der Waals surface area contributed by atoms with Gasteiger partial charge in [-0.3, -0.25) is 19.7 Å². The first kappa shape index (κ1) is 19.6. The molecule has 2 N–H and O–H groups in total. The van der Waals surface area contributed by atoms with E-state index in [0.29, 0.717) is 29.0 Å². The SMILES string of the molecule is C=CCc1cc([N+](=O)[O-])ccc1OCC(=O)Nc1ccc(C(=O)NC)cc1. The molecule has 0 spiro atoms. The van der Waals surface area contributed by atoms with Crippen molar-refractivity contribution >= 4 is 23.2 Å². The van der Waals surface area contributed by atoms with Gasteiger partial charge in [0.1, 0.15) is 5.75 Å². The summed E-state index contributed by atoms with van der Waals surface area (Å²) in [6.45, 7) is 3.35. The van der Waals surface area contributed by atoms with Crippen LogP contribution < -0.4 is 15.4 Å². The minimum atomic E-state index is -0.495. The summed E-state index contributed by atoms with van der Waals surface area (Å²) >= 11 is 0. The van der Waals surface area contributed by atoms with Gasteiger partial charge in [0.2, 0.25) is 0 Å². The fourth-order valence-corrected chi connectivity index (χ4v) is 2.32. The van der Waals surface area contributed by atoms with E-state index in [2.05, 4.69) is 17.2 Å². The Morgan fingerprint density at radius 3 is 2.52 bits per heavy atom. The third-order valence-electron chi connectivity index (χ3n) is 3.64. The number of rotatable bonds is 8. The molecule has 0 aliphatic carbocycles. The molecular weight excluding hydrogens is 350 g/mol. The molecule has 2 rings (SSSR count). The lowest BCUT2D eigenvalue weighted by Crippen LogP contribution is -2.21. The number of allylic oxidation sites excluding steroid dienone is 1. The molecule has 0 bridgehead atoms. The molecule has 2 aromatic rings. The van der Waals surface area contributed by atoms with Crippen LogP contribution in [0.1, 0.15) is 15.9 Å². The van der Waals surface area contributed by atoms with Gasteiger partial charge in [0.25, 0.3) is 17.5 Å². The van der Waals surface area contributed by atoms with Crippen molar-refractivity contribution in [3.05, 3.63) is 76.4 Å². The molecule has 8 heteroatoms. The van der Waals surface area contributed by atoms with Crippen LogP contribution in [0, 0.1) is 10.1 Å². The number of amides is 2. The van der Waals surface area contributed by atoms with Crippen LogP contribution in [0.4, 0.5) is 11.4 Å². The summed E-state index contributed by atoms with van der Waals surface area (Å²) in [5.74, 6) is -0.236. The maximum Gasteiger partial charge on any atom is 0.269 e. The number of carbonyl (C=O) groups excluding carboxylic acids is 2. The molecule has 0 saturated carbocycles. The fourth-order valence-electron chi connectivity index (χ4n) is 2.32. The van der Waals surface area contributed by atoms with Gasteiger partial charge in [-0.05, 0) is 36.8 Å². The fraction of sp³-hybridized carbons (Fsp3) is 0.158. The van der Waals surface area contributed by atoms with E-state index < -0.39 is 10.8 Å². The van der Waals surface area contributed by atoms with E-state index in [1.54, 1.807) is 30.3 Å². The summed E-state index contributed by atoms with van der Waals surface area (Å²) in [6.07, 6.45) is 1.97. The molecule has 140 valence electrons. The van der Waals surface area contributed by atoms with Crippen molar-refractivity contribution in [2.75, 3.05) is 19.0 Å². The van der Waals surface area contributed by atoms with E-state index in [0.717, 1.165) is 0 Å². The monoisotopic (exact) mass is 369 g/mol. The zero-order valence-electron chi connectivity index (χ0n) is 14.7. The normalized spacial score (nSPS) is 9.96. The van der Waals surface area contributed by atoms with Crippen molar-refractivity contribution in [2.45, 2.75) is 6.42 Å². The van der Waals surface area contributed by atoms with Gasteiger partial charge in [-0.2, -0.15) is 0 Å². The van der Waals surface area contributed by atoms with Crippen molar-refractivity contribution in [1.82, 2.24) is 5.32 Å². The maximum atomic E-state index is 12.1. The first-order valence-corrected chi connectivity index (χ1v) is 8.07. The van der Waals surface area contributed by atoms with E-state index in [4.69, 9.17) is 4.74 Å². The van der Waals surface area contributed by atoms with Gasteiger partial charge in [0, 0.05) is 36.0 Å². The van der Waals surface area contributed by atoms with Crippen LogP contribution in [0.2, 0.25) is 0 Å². The Kier molecular flexibility index (Phi) is 6.65. The second-order valence-corrected chi connectivity index (χ2v) is 5.54. The molecule has 0 radical (unpaired) electrons. The summed E-state index contributed by atoms with van der Waals surface area (Å²) in [4.78, 5) is 33.9. The molecule has 27 heavy (non-hydrogen) atoms. The predicted molar refractivity (Wildman–Crippen MR) is 101 cm³/mol. The molecule has 0 aromatic heterocycles. The molecule has 8 nitrogen and oxygen atoms in total. The summed E-state index contributed by atoms with van der Waals surface area (Å²) in [6, 6.07) is 10.6. The first-order chi connectivity index (χ1) is 12.9. The molecule has 0 aliphatic rings. The Morgan fingerprint density at radius 2 is 1.93 bits per heavy atom. The van der Waals surface area contributed by atoms with Gasteiger partial charge in [0.05, 0.1) is 4.92 Å². The van der Waals surface area contributed by atoms with Crippen molar-refractivity contribution in [1.29, 1.82) is 0 Å². The predicted octanol–water partition coefficient (Wildman–Crippen LogP) is 2.70. The quantitative estimate of drug-likeness (QED) is 0.422. The molecule has 0 saturated heterocycles. The van der Waals surface area contributed by atoms with Gasteiger partial charge >= 0.3 is 0 Å². The van der Waals surface area contributed by atoms with Gasteiger partial charge < -0.3 is 15.4 Å². The van der Waals surface area contributed by atoms with Crippen LogP contribution in [0.5, 0.6) is 5.75 Å². The van der Waals surface area contributed by atoms with Gasteiger partial charge in [-0.25, -0.2) is 0 Å². The number of carbonyl (C=O) groups is 2. The Labute approximate surface area is 156 Å². The Morgan fingerprint density at radius 1 is 1.22 bits per heavy atom. The highest BCUT2D eigenvalue weighted by atomic mass is 16.6. The van der Waals surface area contributed by atoms with E-state index in [-0.39, 0.29) is 18.2 Å². The van der Waals surface area contributed by atoms with Crippen molar-refractivity contribution < 1.29 is 19.2 Å². The molecule has 0 heterocycles. The smallest absolute Gasteiger partial charge is 0.269 e. The molecular formula is C19H19N3O5. The lowest BCUT2D eigenvalue weighted by Gasteiger charge is -2.11. The molecule has 0 unspecified atom stereocenters. The topological polar surface area (TPSA) is 111 Å². The minimum absolute atomic E-state index is 0.0557. The zero-order chi connectivity index (χ0) is 19.8. The van der Waals surface area contributed by atoms with Gasteiger partial charge in [-0.15, -0.1) is 6.58 Å². The zero-order valence-corrected chi connectivity index (χ0v) is 14.7. The number of ether oxygens (including phenoxy) is 1. The Balaban J connectivity index is 1.99. The van der Waals surface area contributed by atoms with E-state index in [1.807, 2.05) is 0 Å². The largest absolute Gasteiger partial charge is 0.483 e.